The lowest BCUT2D eigenvalue weighted by Gasteiger charge is -2.13. The normalized spacial score (nSPS) is 13.2. The standard InChI is InChI=1S/C17H20N4O3/c1-3-9(2)12(15(18)22)6-10-8-20-14-5-4-11(7-13(10)14)21-17(24)16(19)23/h3-5,7-8,12,16,20,23H,1-2,6,19H2,(H2,18,22)(H,21,24)/t12-,16?/m1/s1. The zero-order valence-electron chi connectivity index (χ0n) is 13.1. The maximum Gasteiger partial charge on any atom is 0.268 e. The first kappa shape index (κ1) is 17.5. The molecule has 0 bridgehead atoms. The molecule has 0 aliphatic carbocycles. The van der Waals surface area contributed by atoms with Crippen molar-refractivity contribution in [2.45, 2.75) is 12.6 Å². The number of benzene rings is 1. The molecule has 0 saturated carbocycles. The Morgan fingerprint density at radius 2 is 2.12 bits per heavy atom. The molecule has 126 valence electrons. The first-order chi connectivity index (χ1) is 11.3. The first-order valence-electron chi connectivity index (χ1n) is 7.28. The molecule has 0 saturated heterocycles. The van der Waals surface area contributed by atoms with E-state index >= 15 is 0 Å². The molecule has 2 atom stereocenters. The fourth-order valence-corrected chi connectivity index (χ4v) is 2.42. The van der Waals surface area contributed by atoms with Crippen molar-refractivity contribution in [1.29, 1.82) is 0 Å². The molecule has 0 aliphatic rings. The molecule has 1 unspecified atom stereocenters. The third-order valence-corrected chi connectivity index (χ3v) is 3.78. The number of aromatic nitrogens is 1. The molecule has 0 radical (unpaired) electrons. The molecule has 1 aromatic heterocycles. The highest BCUT2D eigenvalue weighted by molar-refractivity contribution is 5.96. The van der Waals surface area contributed by atoms with Crippen molar-refractivity contribution in [3.63, 3.8) is 0 Å². The number of allylic oxidation sites excluding steroid dienone is 1. The monoisotopic (exact) mass is 328 g/mol. The molecular weight excluding hydrogens is 308 g/mol. The van der Waals surface area contributed by atoms with E-state index in [4.69, 9.17) is 16.6 Å². The van der Waals surface area contributed by atoms with Crippen LogP contribution in [0.1, 0.15) is 5.56 Å². The number of aliphatic hydroxyl groups excluding tert-OH is 1. The second-order valence-corrected chi connectivity index (χ2v) is 5.45. The Kier molecular flexibility index (Phi) is 5.18. The second kappa shape index (κ2) is 7.12. The van der Waals surface area contributed by atoms with Crippen molar-refractivity contribution in [2.24, 2.45) is 17.4 Å². The second-order valence-electron chi connectivity index (χ2n) is 5.45. The lowest BCUT2D eigenvalue weighted by molar-refractivity contribution is -0.123. The number of carbonyl (C=O) groups excluding carboxylic acids is 2. The summed E-state index contributed by atoms with van der Waals surface area (Å²) in [5, 5.41) is 12.4. The number of anilines is 1. The maximum atomic E-state index is 11.7. The molecule has 7 heteroatoms. The van der Waals surface area contributed by atoms with Gasteiger partial charge in [0.15, 0.2) is 6.23 Å². The van der Waals surface area contributed by atoms with E-state index in [1.54, 1.807) is 24.4 Å². The summed E-state index contributed by atoms with van der Waals surface area (Å²) in [6, 6.07) is 5.19. The van der Waals surface area contributed by atoms with Crippen molar-refractivity contribution in [1.82, 2.24) is 4.98 Å². The minimum Gasteiger partial charge on any atom is -0.370 e. The lowest BCUT2D eigenvalue weighted by atomic mass is 9.92. The van der Waals surface area contributed by atoms with Gasteiger partial charge in [0.05, 0.1) is 5.92 Å². The van der Waals surface area contributed by atoms with E-state index in [1.807, 2.05) is 0 Å². The van der Waals surface area contributed by atoms with E-state index in [9.17, 15) is 9.59 Å². The summed E-state index contributed by atoms with van der Waals surface area (Å²) in [5.74, 6) is -1.75. The topological polar surface area (TPSA) is 134 Å². The van der Waals surface area contributed by atoms with Gasteiger partial charge in [-0.2, -0.15) is 0 Å². The van der Waals surface area contributed by atoms with Gasteiger partial charge in [-0.1, -0.05) is 19.2 Å². The van der Waals surface area contributed by atoms with Crippen molar-refractivity contribution in [2.75, 3.05) is 5.32 Å². The molecule has 7 nitrogen and oxygen atoms in total. The van der Waals surface area contributed by atoms with Crippen LogP contribution in [0.4, 0.5) is 5.69 Å². The van der Waals surface area contributed by atoms with Gasteiger partial charge in [0.2, 0.25) is 5.91 Å². The summed E-state index contributed by atoms with van der Waals surface area (Å²) in [5.41, 5.74) is 13.3. The average Bonchev–Trinajstić information content (AvgIpc) is 2.93. The highest BCUT2D eigenvalue weighted by Crippen LogP contribution is 2.26. The van der Waals surface area contributed by atoms with Gasteiger partial charge in [0.25, 0.3) is 5.91 Å². The number of fused-ring (bicyclic) bond motifs is 1. The van der Waals surface area contributed by atoms with E-state index < -0.39 is 24.0 Å². The van der Waals surface area contributed by atoms with Crippen LogP contribution in [0.5, 0.6) is 0 Å². The predicted molar refractivity (Wildman–Crippen MR) is 92.8 cm³/mol. The maximum absolute atomic E-state index is 11.7. The van der Waals surface area contributed by atoms with Crippen molar-refractivity contribution in [3.05, 3.63) is 54.8 Å². The number of carbonyl (C=O) groups is 2. The van der Waals surface area contributed by atoms with Gasteiger partial charge < -0.3 is 21.1 Å². The molecule has 1 aromatic carbocycles. The van der Waals surface area contributed by atoms with E-state index in [0.29, 0.717) is 17.7 Å². The number of H-pyrrole nitrogens is 1. The number of rotatable bonds is 7. The lowest BCUT2D eigenvalue weighted by Crippen LogP contribution is -2.35. The van der Waals surface area contributed by atoms with E-state index in [-0.39, 0.29) is 0 Å². The summed E-state index contributed by atoms with van der Waals surface area (Å²) in [6.07, 6.45) is 2.05. The average molecular weight is 328 g/mol. The summed E-state index contributed by atoms with van der Waals surface area (Å²) in [7, 11) is 0. The van der Waals surface area contributed by atoms with Crippen molar-refractivity contribution < 1.29 is 14.7 Å². The van der Waals surface area contributed by atoms with E-state index in [1.165, 1.54) is 6.08 Å². The zero-order valence-corrected chi connectivity index (χ0v) is 13.1. The number of nitrogens with one attached hydrogen (secondary N) is 2. The minimum atomic E-state index is -1.60. The van der Waals surface area contributed by atoms with Gasteiger partial charge in [0.1, 0.15) is 0 Å². The zero-order chi connectivity index (χ0) is 17.9. The largest absolute Gasteiger partial charge is 0.370 e. The van der Waals surface area contributed by atoms with Gasteiger partial charge in [-0.15, -0.1) is 0 Å². The molecular formula is C17H20N4O3. The Bertz CT molecular complexity index is 807. The summed E-state index contributed by atoms with van der Waals surface area (Å²) >= 11 is 0. The van der Waals surface area contributed by atoms with Crippen LogP contribution in [-0.4, -0.2) is 28.1 Å². The summed E-state index contributed by atoms with van der Waals surface area (Å²) in [6.45, 7) is 7.42. The Morgan fingerprint density at radius 1 is 1.42 bits per heavy atom. The molecule has 0 aliphatic heterocycles. The molecule has 2 aromatic rings. The highest BCUT2D eigenvalue weighted by Gasteiger charge is 2.20. The van der Waals surface area contributed by atoms with Gasteiger partial charge in [0, 0.05) is 22.8 Å². The minimum absolute atomic E-state index is 0.358. The molecule has 24 heavy (non-hydrogen) atoms. The molecule has 7 N–H and O–H groups in total. The van der Waals surface area contributed by atoms with Crippen LogP contribution in [0.25, 0.3) is 10.9 Å². The first-order valence-corrected chi connectivity index (χ1v) is 7.28. The van der Waals surface area contributed by atoms with Crippen LogP contribution in [0.15, 0.2) is 49.2 Å². The number of primary amides is 1. The quantitative estimate of drug-likeness (QED) is 0.379. The van der Waals surface area contributed by atoms with Crippen LogP contribution >= 0.6 is 0 Å². The van der Waals surface area contributed by atoms with Crippen LogP contribution in [-0.2, 0) is 16.0 Å². The third kappa shape index (κ3) is 3.70. The van der Waals surface area contributed by atoms with Gasteiger partial charge in [-0.25, -0.2) is 0 Å². The highest BCUT2D eigenvalue weighted by atomic mass is 16.3. The van der Waals surface area contributed by atoms with Gasteiger partial charge >= 0.3 is 0 Å². The molecule has 1 heterocycles. The van der Waals surface area contributed by atoms with Crippen LogP contribution < -0.4 is 16.8 Å². The number of amides is 2. The van der Waals surface area contributed by atoms with Gasteiger partial charge in [-0.3, -0.25) is 15.3 Å². The Hall–Kier alpha value is -2.90. The fourth-order valence-electron chi connectivity index (χ4n) is 2.42. The summed E-state index contributed by atoms with van der Waals surface area (Å²) in [4.78, 5) is 26.2. The number of hydrogen-bond donors (Lipinski definition) is 5. The summed E-state index contributed by atoms with van der Waals surface area (Å²) < 4.78 is 0. The fraction of sp³-hybridized carbons (Fsp3) is 0.176. The SMILES string of the molecule is C=CC(=C)[C@@H](Cc1c[nH]c2ccc(NC(=O)C(N)O)cc12)C(N)=O. The molecule has 2 rings (SSSR count). The third-order valence-electron chi connectivity index (χ3n) is 3.78. The smallest absolute Gasteiger partial charge is 0.268 e. The number of hydrogen-bond acceptors (Lipinski definition) is 4. The Balaban J connectivity index is 2.34. The van der Waals surface area contributed by atoms with Crippen molar-refractivity contribution >= 4 is 28.4 Å². The Morgan fingerprint density at radius 3 is 2.71 bits per heavy atom. The van der Waals surface area contributed by atoms with Crippen molar-refractivity contribution in [3.8, 4) is 0 Å². The predicted octanol–water partition coefficient (Wildman–Crippen LogP) is 0.770. The van der Waals surface area contributed by atoms with Gasteiger partial charge in [-0.05, 0) is 35.8 Å². The molecule has 0 spiro atoms. The van der Waals surface area contributed by atoms with Crippen LogP contribution in [0, 0.1) is 5.92 Å². The number of aliphatic hydroxyl groups is 1. The van der Waals surface area contributed by atoms with Crippen LogP contribution in [0.3, 0.4) is 0 Å². The number of nitrogens with two attached hydrogens (primary N) is 2. The molecule has 2 amide bonds. The van der Waals surface area contributed by atoms with E-state index in [0.717, 1.165) is 16.5 Å². The Labute approximate surface area is 139 Å². The van der Waals surface area contributed by atoms with Crippen LogP contribution in [0.2, 0.25) is 0 Å². The number of aromatic amines is 1. The molecule has 0 fully saturated rings. The van der Waals surface area contributed by atoms with E-state index in [2.05, 4.69) is 23.5 Å².